The maximum absolute atomic E-state index is 13.5. The maximum Gasteiger partial charge on any atom is 0.252 e. The molecule has 4 rings (SSSR count). The molecule has 0 aliphatic carbocycles. The Kier molecular flexibility index (Phi) is 5.67. The van der Waals surface area contributed by atoms with Crippen LogP contribution in [-0.4, -0.2) is 53.9 Å². The minimum absolute atomic E-state index is 0.124. The number of likely N-dealkylation sites (N-methyl/N-ethyl adjacent to an activating group) is 1. The van der Waals surface area contributed by atoms with Gasteiger partial charge in [-0.25, -0.2) is 4.39 Å². The number of amides is 1. The Morgan fingerprint density at radius 2 is 2.03 bits per heavy atom. The topological polar surface area (TPSA) is 61.8 Å². The molecule has 2 aliphatic heterocycles. The Bertz CT molecular complexity index is 873. The lowest BCUT2D eigenvalue weighted by molar-refractivity contribution is -0.143. The quantitative estimate of drug-likeness (QED) is 0.812. The van der Waals surface area contributed by atoms with Crippen molar-refractivity contribution >= 4 is 5.91 Å². The molecule has 2 aliphatic rings. The van der Waals surface area contributed by atoms with Crippen LogP contribution in [0.3, 0.4) is 0 Å². The normalized spacial score (nSPS) is 26.4. The number of aliphatic hydroxyl groups is 1. The summed E-state index contributed by atoms with van der Waals surface area (Å²) in [5.41, 5.74) is 2.09. The average molecular weight is 398 g/mol. The van der Waals surface area contributed by atoms with E-state index in [0.717, 1.165) is 24.1 Å². The summed E-state index contributed by atoms with van der Waals surface area (Å²) < 4.78 is 19.2. The third-order valence-electron chi connectivity index (χ3n) is 5.85. The summed E-state index contributed by atoms with van der Waals surface area (Å²) in [6, 6.07) is 14.1. The van der Waals surface area contributed by atoms with Crippen LogP contribution in [0.4, 0.5) is 4.39 Å². The van der Waals surface area contributed by atoms with Crippen LogP contribution in [0, 0.1) is 5.82 Å². The van der Waals surface area contributed by atoms with Crippen molar-refractivity contribution in [3.8, 4) is 0 Å². The number of rotatable bonds is 5. The molecule has 2 aromatic carbocycles. The minimum atomic E-state index is -1.03. The van der Waals surface area contributed by atoms with Gasteiger partial charge < -0.3 is 20.1 Å². The Balaban J connectivity index is 1.62. The van der Waals surface area contributed by atoms with Gasteiger partial charge >= 0.3 is 0 Å². The third-order valence-corrected chi connectivity index (χ3v) is 5.85. The monoisotopic (exact) mass is 398 g/mol. The molecule has 2 heterocycles. The number of carbonyl (C=O) groups is 1. The molecule has 1 amide bonds. The van der Waals surface area contributed by atoms with Gasteiger partial charge in [-0.2, -0.15) is 0 Å². The number of nitrogens with zero attached hydrogens (tertiary/aromatic N) is 1. The van der Waals surface area contributed by atoms with Crippen molar-refractivity contribution < 1.29 is 19.0 Å². The summed E-state index contributed by atoms with van der Waals surface area (Å²) >= 11 is 0. The molecular weight excluding hydrogens is 371 g/mol. The standard InChI is InChI=1S/C23H27FN2O3/c1-2-25-14-23(28)13-20(29-15-23)22(27)26-12-11-16-5-3-4-6-19(16)21(26)17-7-9-18(24)10-8-17/h3-10,20-21,25,28H,2,11-15H2,1H3/t20-,21+,23-/m1/s1. The fraction of sp³-hybridized carbons (Fsp3) is 0.435. The van der Waals surface area contributed by atoms with Crippen molar-refractivity contribution in [3.05, 3.63) is 71.0 Å². The summed E-state index contributed by atoms with van der Waals surface area (Å²) in [7, 11) is 0. The number of halogens is 1. The molecule has 0 radical (unpaired) electrons. The Hall–Kier alpha value is -2.28. The van der Waals surface area contributed by atoms with E-state index in [2.05, 4.69) is 11.4 Å². The predicted molar refractivity (Wildman–Crippen MR) is 108 cm³/mol. The van der Waals surface area contributed by atoms with Crippen LogP contribution < -0.4 is 5.32 Å². The lowest BCUT2D eigenvalue weighted by Gasteiger charge is -2.39. The highest BCUT2D eigenvalue weighted by molar-refractivity contribution is 5.82. The molecule has 5 nitrogen and oxygen atoms in total. The van der Waals surface area contributed by atoms with Crippen LogP contribution in [-0.2, 0) is 16.0 Å². The molecule has 2 aromatic rings. The average Bonchev–Trinajstić information content (AvgIpc) is 3.14. The molecule has 0 saturated carbocycles. The minimum Gasteiger partial charge on any atom is -0.386 e. The van der Waals surface area contributed by atoms with E-state index >= 15 is 0 Å². The molecule has 1 fully saturated rings. The second-order valence-electron chi connectivity index (χ2n) is 7.94. The number of nitrogens with one attached hydrogen (secondary N) is 1. The fourth-order valence-corrected chi connectivity index (χ4v) is 4.35. The van der Waals surface area contributed by atoms with Crippen molar-refractivity contribution in [2.75, 3.05) is 26.2 Å². The molecule has 0 bridgehead atoms. The summed E-state index contributed by atoms with van der Waals surface area (Å²) in [6.45, 7) is 3.82. The molecule has 1 saturated heterocycles. The Morgan fingerprint density at radius 1 is 1.28 bits per heavy atom. The van der Waals surface area contributed by atoms with Crippen LogP contribution in [0.15, 0.2) is 48.5 Å². The van der Waals surface area contributed by atoms with Gasteiger partial charge in [0, 0.05) is 19.5 Å². The smallest absolute Gasteiger partial charge is 0.252 e. The third kappa shape index (κ3) is 4.06. The van der Waals surface area contributed by atoms with Gasteiger partial charge in [0.15, 0.2) is 0 Å². The first-order valence-corrected chi connectivity index (χ1v) is 10.2. The van der Waals surface area contributed by atoms with E-state index in [0.29, 0.717) is 13.1 Å². The highest BCUT2D eigenvalue weighted by atomic mass is 19.1. The van der Waals surface area contributed by atoms with Crippen molar-refractivity contribution in [3.63, 3.8) is 0 Å². The SMILES string of the molecule is CCNC[C@@]1(O)CO[C@@H](C(=O)N2CCc3ccccc3[C@@H]2c2ccc(F)cc2)C1. The molecule has 6 heteroatoms. The molecule has 3 atom stereocenters. The van der Waals surface area contributed by atoms with Crippen LogP contribution in [0.1, 0.15) is 36.1 Å². The predicted octanol–water partition coefficient (Wildman–Crippen LogP) is 2.43. The zero-order chi connectivity index (χ0) is 20.4. The van der Waals surface area contributed by atoms with Crippen LogP contribution in [0.25, 0.3) is 0 Å². The number of hydrogen-bond acceptors (Lipinski definition) is 4. The zero-order valence-corrected chi connectivity index (χ0v) is 16.6. The molecule has 0 aromatic heterocycles. The number of carbonyl (C=O) groups excluding carboxylic acids is 1. The van der Waals surface area contributed by atoms with Gasteiger partial charge in [0.25, 0.3) is 5.91 Å². The van der Waals surface area contributed by atoms with Crippen molar-refractivity contribution in [1.29, 1.82) is 0 Å². The van der Waals surface area contributed by atoms with E-state index < -0.39 is 11.7 Å². The lowest BCUT2D eigenvalue weighted by Crippen LogP contribution is -2.46. The van der Waals surface area contributed by atoms with Gasteiger partial charge in [0.05, 0.1) is 12.6 Å². The molecule has 0 unspecified atom stereocenters. The first-order valence-electron chi connectivity index (χ1n) is 10.2. The second-order valence-corrected chi connectivity index (χ2v) is 7.94. The largest absolute Gasteiger partial charge is 0.386 e. The number of benzene rings is 2. The molecule has 2 N–H and O–H groups in total. The van der Waals surface area contributed by atoms with Gasteiger partial charge in [-0.15, -0.1) is 0 Å². The summed E-state index contributed by atoms with van der Waals surface area (Å²) in [6.07, 6.45) is 0.355. The van der Waals surface area contributed by atoms with E-state index in [1.165, 1.54) is 17.7 Å². The first kappa shape index (κ1) is 20.0. The lowest BCUT2D eigenvalue weighted by atomic mass is 9.87. The Labute approximate surface area is 170 Å². The number of ether oxygens (including phenoxy) is 1. The van der Waals surface area contributed by atoms with Crippen LogP contribution >= 0.6 is 0 Å². The second kappa shape index (κ2) is 8.22. The van der Waals surface area contributed by atoms with Gasteiger partial charge in [0.2, 0.25) is 0 Å². The molecule has 0 spiro atoms. The summed E-state index contributed by atoms with van der Waals surface area (Å²) in [5, 5.41) is 13.8. The molecule has 29 heavy (non-hydrogen) atoms. The van der Waals surface area contributed by atoms with Crippen molar-refractivity contribution in [2.24, 2.45) is 0 Å². The van der Waals surface area contributed by atoms with Gasteiger partial charge in [-0.1, -0.05) is 43.3 Å². The van der Waals surface area contributed by atoms with Gasteiger partial charge in [-0.05, 0) is 41.8 Å². The van der Waals surface area contributed by atoms with Crippen LogP contribution in [0.5, 0.6) is 0 Å². The van der Waals surface area contributed by atoms with Gasteiger partial charge in [0.1, 0.15) is 17.5 Å². The highest BCUT2D eigenvalue weighted by Gasteiger charge is 2.44. The van der Waals surface area contributed by atoms with Crippen molar-refractivity contribution in [2.45, 2.75) is 37.5 Å². The summed E-state index contributed by atoms with van der Waals surface area (Å²) in [4.78, 5) is 15.2. The Morgan fingerprint density at radius 3 is 2.79 bits per heavy atom. The van der Waals surface area contributed by atoms with E-state index in [9.17, 15) is 14.3 Å². The van der Waals surface area contributed by atoms with Crippen molar-refractivity contribution in [1.82, 2.24) is 10.2 Å². The van der Waals surface area contributed by atoms with Crippen LogP contribution in [0.2, 0.25) is 0 Å². The summed E-state index contributed by atoms with van der Waals surface area (Å²) in [5.74, 6) is -0.426. The molecular formula is C23H27FN2O3. The van der Waals surface area contributed by atoms with E-state index in [-0.39, 0.29) is 30.8 Å². The van der Waals surface area contributed by atoms with Gasteiger partial charge in [-0.3, -0.25) is 4.79 Å². The highest BCUT2D eigenvalue weighted by Crippen LogP contribution is 2.37. The first-order chi connectivity index (χ1) is 14.0. The fourth-order valence-electron chi connectivity index (χ4n) is 4.35. The number of fused-ring (bicyclic) bond motifs is 1. The van der Waals surface area contributed by atoms with E-state index in [4.69, 9.17) is 4.74 Å². The van der Waals surface area contributed by atoms with E-state index in [1.54, 1.807) is 12.1 Å². The zero-order valence-electron chi connectivity index (χ0n) is 16.6. The molecule has 154 valence electrons. The van der Waals surface area contributed by atoms with E-state index in [1.807, 2.05) is 30.0 Å². The number of hydrogen-bond donors (Lipinski definition) is 2. The maximum atomic E-state index is 13.5.